The van der Waals surface area contributed by atoms with Crippen LogP contribution in [0.15, 0.2) is 28.7 Å². The highest BCUT2D eigenvalue weighted by atomic mass is 19.1. The Morgan fingerprint density at radius 3 is 2.60 bits per heavy atom. The largest absolute Gasteiger partial charge is 0.408 e. The van der Waals surface area contributed by atoms with Gasteiger partial charge in [-0.15, -0.1) is 5.10 Å². The lowest BCUT2D eigenvalue weighted by Crippen LogP contribution is -1.88. The molecule has 2 aromatic rings. The second kappa shape index (κ2) is 4.08. The molecule has 0 aliphatic carbocycles. The molecule has 0 radical (unpaired) electrons. The lowest BCUT2D eigenvalue weighted by Gasteiger charge is -1.95. The maximum absolute atomic E-state index is 12.6. The van der Waals surface area contributed by atoms with Crippen LogP contribution < -0.4 is 5.32 Å². The molecule has 2 rings (SSSR count). The van der Waals surface area contributed by atoms with Gasteiger partial charge in [0.05, 0.1) is 6.42 Å². The van der Waals surface area contributed by atoms with E-state index >= 15 is 0 Å². The van der Waals surface area contributed by atoms with Crippen LogP contribution >= 0.6 is 0 Å². The summed E-state index contributed by atoms with van der Waals surface area (Å²) in [6.45, 7) is 0. The van der Waals surface area contributed by atoms with Gasteiger partial charge in [-0.3, -0.25) is 0 Å². The summed E-state index contributed by atoms with van der Waals surface area (Å²) in [7, 11) is 1.70. The fraction of sp³-hybridized carbons (Fsp3) is 0.200. The van der Waals surface area contributed by atoms with E-state index in [1.807, 2.05) is 0 Å². The fourth-order valence-electron chi connectivity index (χ4n) is 1.20. The minimum absolute atomic E-state index is 0.250. The van der Waals surface area contributed by atoms with Gasteiger partial charge in [-0.25, -0.2) is 4.39 Å². The minimum Gasteiger partial charge on any atom is -0.408 e. The Hall–Kier alpha value is -1.91. The SMILES string of the molecule is CNc1nnc(Cc2ccc(F)cc2)o1. The Balaban J connectivity index is 2.11. The van der Waals surface area contributed by atoms with Crippen LogP contribution in [0.2, 0.25) is 0 Å². The highest BCUT2D eigenvalue weighted by Gasteiger charge is 2.05. The Labute approximate surface area is 86.1 Å². The molecule has 78 valence electrons. The first-order valence-electron chi connectivity index (χ1n) is 4.52. The van der Waals surface area contributed by atoms with Crippen LogP contribution in [0.3, 0.4) is 0 Å². The molecule has 1 heterocycles. The third kappa shape index (κ3) is 2.31. The van der Waals surface area contributed by atoms with E-state index in [2.05, 4.69) is 15.5 Å². The lowest BCUT2D eigenvalue weighted by molar-refractivity contribution is 0.519. The monoisotopic (exact) mass is 207 g/mol. The number of aromatic nitrogens is 2. The maximum atomic E-state index is 12.6. The highest BCUT2D eigenvalue weighted by molar-refractivity contribution is 5.21. The van der Waals surface area contributed by atoms with Gasteiger partial charge in [0, 0.05) is 7.05 Å². The second-order valence-electron chi connectivity index (χ2n) is 3.05. The molecule has 0 saturated heterocycles. The third-order valence-electron chi connectivity index (χ3n) is 1.95. The minimum atomic E-state index is -0.250. The van der Waals surface area contributed by atoms with Crippen LogP contribution in [0, 0.1) is 5.82 Å². The van der Waals surface area contributed by atoms with E-state index in [9.17, 15) is 4.39 Å². The van der Waals surface area contributed by atoms with E-state index in [0.29, 0.717) is 18.3 Å². The number of hydrogen-bond donors (Lipinski definition) is 1. The zero-order valence-corrected chi connectivity index (χ0v) is 8.20. The number of benzene rings is 1. The third-order valence-corrected chi connectivity index (χ3v) is 1.95. The number of hydrogen-bond acceptors (Lipinski definition) is 4. The van der Waals surface area contributed by atoms with Gasteiger partial charge in [-0.2, -0.15) is 0 Å². The summed E-state index contributed by atoms with van der Waals surface area (Å²) >= 11 is 0. The molecule has 1 aromatic heterocycles. The number of nitrogens with one attached hydrogen (secondary N) is 1. The van der Waals surface area contributed by atoms with Gasteiger partial charge in [0.25, 0.3) is 0 Å². The second-order valence-corrected chi connectivity index (χ2v) is 3.05. The van der Waals surface area contributed by atoms with Crippen LogP contribution in [0.5, 0.6) is 0 Å². The van der Waals surface area contributed by atoms with Crippen LogP contribution in [-0.4, -0.2) is 17.2 Å². The van der Waals surface area contributed by atoms with Crippen molar-refractivity contribution in [3.8, 4) is 0 Å². The lowest BCUT2D eigenvalue weighted by atomic mass is 10.1. The van der Waals surface area contributed by atoms with E-state index < -0.39 is 0 Å². The van der Waals surface area contributed by atoms with Gasteiger partial charge in [0.15, 0.2) is 0 Å². The predicted octanol–water partition coefficient (Wildman–Crippen LogP) is 1.84. The molecule has 1 aromatic carbocycles. The van der Waals surface area contributed by atoms with E-state index in [1.54, 1.807) is 19.2 Å². The zero-order valence-electron chi connectivity index (χ0n) is 8.20. The van der Waals surface area contributed by atoms with Crippen LogP contribution in [0.1, 0.15) is 11.5 Å². The Morgan fingerprint density at radius 1 is 1.27 bits per heavy atom. The molecule has 0 atom stereocenters. The van der Waals surface area contributed by atoms with Gasteiger partial charge in [0.1, 0.15) is 5.82 Å². The van der Waals surface area contributed by atoms with Crippen molar-refractivity contribution in [1.29, 1.82) is 0 Å². The molecule has 15 heavy (non-hydrogen) atoms. The Morgan fingerprint density at radius 2 is 2.00 bits per heavy atom. The number of halogens is 1. The highest BCUT2D eigenvalue weighted by Crippen LogP contribution is 2.11. The van der Waals surface area contributed by atoms with Gasteiger partial charge in [-0.05, 0) is 17.7 Å². The van der Waals surface area contributed by atoms with Gasteiger partial charge in [-0.1, -0.05) is 17.2 Å². The van der Waals surface area contributed by atoms with Gasteiger partial charge < -0.3 is 9.73 Å². The summed E-state index contributed by atoms with van der Waals surface area (Å²) in [6, 6.07) is 6.58. The molecule has 0 spiro atoms. The topological polar surface area (TPSA) is 51.0 Å². The van der Waals surface area contributed by atoms with Crippen molar-refractivity contribution in [1.82, 2.24) is 10.2 Å². The smallest absolute Gasteiger partial charge is 0.315 e. The quantitative estimate of drug-likeness (QED) is 0.834. The number of rotatable bonds is 3. The molecular weight excluding hydrogens is 197 g/mol. The first-order valence-corrected chi connectivity index (χ1v) is 4.52. The van der Waals surface area contributed by atoms with Crippen LogP contribution in [0.25, 0.3) is 0 Å². The summed E-state index contributed by atoms with van der Waals surface area (Å²) in [5.74, 6) is 0.256. The molecule has 0 unspecified atom stereocenters. The van der Waals surface area contributed by atoms with Gasteiger partial charge >= 0.3 is 6.01 Å². The molecule has 5 heteroatoms. The van der Waals surface area contributed by atoms with E-state index in [4.69, 9.17) is 4.42 Å². The van der Waals surface area contributed by atoms with Crippen molar-refractivity contribution in [3.63, 3.8) is 0 Å². The van der Waals surface area contributed by atoms with Gasteiger partial charge in [0.2, 0.25) is 5.89 Å². The number of anilines is 1. The molecule has 4 nitrogen and oxygen atoms in total. The van der Waals surface area contributed by atoms with Crippen molar-refractivity contribution in [2.45, 2.75) is 6.42 Å². The molecule has 0 amide bonds. The summed E-state index contributed by atoms with van der Waals surface area (Å²) in [4.78, 5) is 0. The summed E-state index contributed by atoms with van der Waals surface area (Å²) in [5, 5.41) is 10.3. The van der Waals surface area contributed by atoms with E-state index in [-0.39, 0.29) is 5.82 Å². The average molecular weight is 207 g/mol. The molecule has 0 aliphatic rings. The first-order chi connectivity index (χ1) is 7.28. The van der Waals surface area contributed by atoms with E-state index in [1.165, 1.54) is 12.1 Å². The standard InChI is InChI=1S/C10H10FN3O/c1-12-10-14-13-9(15-10)6-7-2-4-8(11)5-3-7/h2-5H,6H2,1H3,(H,12,14). The van der Waals surface area contributed by atoms with E-state index in [0.717, 1.165) is 5.56 Å². The molecule has 1 N–H and O–H groups in total. The summed E-state index contributed by atoms with van der Waals surface area (Å²) in [5.41, 5.74) is 0.933. The fourth-order valence-corrected chi connectivity index (χ4v) is 1.20. The Kier molecular flexibility index (Phi) is 2.62. The van der Waals surface area contributed by atoms with Crippen molar-refractivity contribution >= 4 is 6.01 Å². The molecule has 0 bridgehead atoms. The normalized spacial score (nSPS) is 10.3. The molecule has 0 aliphatic heterocycles. The Bertz CT molecular complexity index is 438. The molecule has 0 saturated carbocycles. The first kappa shape index (κ1) is 9.64. The molecule has 0 fully saturated rings. The van der Waals surface area contributed by atoms with Crippen molar-refractivity contribution in [3.05, 3.63) is 41.5 Å². The molecular formula is C10H10FN3O. The van der Waals surface area contributed by atoms with Crippen molar-refractivity contribution < 1.29 is 8.81 Å². The predicted molar refractivity (Wildman–Crippen MR) is 53.1 cm³/mol. The maximum Gasteiger partial charge on any atom is 0.315 e. The summed E-state index contributed by atoms with van der Waals surface area (Å²) in [6.07, 6.45) is 0.509. The average Bonchev–Trinajstić information content (AvgIpc) is 2.69. The van der Waals surface area contributed by atoms with Crippen LogP contribution in [-0.2, 0) is 6.42 Å². The number of nitrogens with zero attached hydrogens (tertiary/aromatic N) is 2. The summed E-state index contributed by atoms with van der Waals surface area (Å²) < 4.78 is 17.9. The van der Waals surface area contributed by atoms with Crippen LogP contribution in [0.4, 0.5) is 10.4 Å². The van der Waals surface area contributed by atoms with Crippen molar-refractivity contribution in [2.24, 2.45) is 0 Å². The van der Waals surface area contributed by atoms with Crippen molar-refractivity contribution in [2.75, 3.05) is 12.4 Å². The zero-order chi connectivity index (χ0) is 10.7.